The lowest BCUT2D eigenvalue weighted by Gasteiger charge is -2.04. The molecule has 1 heterocycles. The molecule has 0 radical (unpaired) electrons. The van der Waals surface area contributed by atoms with E-state index in [2.05, 4.69) is 10.3 Å². The molecule has 0 spiro atoms. The number of aryl methyl sites for hydroxylation is 2. The number of thiazole rings is 1. The lowest BCUT2D eigenvalue weighted by Crippen LogP contribution is -2.14. The van der Waals surface area contributed by atoms with Crippen LogP contribution < -0.4 is 5.32 Å². The first-order valence-electron chi connectivity index (χ1n) is 5.07. The van der Waals surface area contributed by atoms with Gasteiger partial charge in [0.25, 0.3) is 5.91 Å². The highest BCUT2D eigenvalue weighted by molar-refractivity contribution is 7.15. The normalized spacial score (nSPS) is 10.3. The number of carbonyl (C=O) groups excluding carboxylic acids is 1. The van der Waals surface area contributed by atoms with Crippen LogP contribution in [-0.2, 0) is 0 Å². The number of nitrogens with one attached hydrogen (secondary N) is 1. The first-order chi connectivity index (χ1) is 8.08. The zero-order valence-corrected chi connectivity index (χ0v) is 10.3. The third kappa shape index (κ3) is 2.50. The molecule has 0 fully saturated rings. The lowest BCUT2D eigenvalue weighted by atomic mass is 10.1. The van der Waals surface area contributed by atoms with Gasteiger partial charge in [0.2, 0.25) is 0 Å². The van der Waals surface area contributed by atoms with Crippen LogP contribution in [0.15, 0.2) is 24.4 Å². The summed E-state index contributed by atoms with van der Waals surface area (Å²) >= 11 is 1.36. The second kappa shape index (κ2) is 4.63. The van der Waals surface area contributed by atoms with E-state index in [4.69, 9.17) is 0 Å². The molecule has 0 saturated carbocycles. The number of halogens is 1. The predicted molar refractivity (Wildman–Crippen MR) is 65.9 cm³/mol. The van der Waals surface area contributed by atoms with Crippen molar-refractivity contribution in [2.45, 2.75) is 13.8 Å². The Morgan fingerprint density at radius 3 is 2.82 bits per heavy atom. The molecule has 0 atom stereocenters. The van der Waals surface area contributed by atoms with Crippen LogP contribution in [0.1, 0.15) is 20.8 Å². The molecule has 1 N–H and O–H groups in total. The number of anilines is 1. The molecule has 2 aromatic rings. The smallest absolute Gasteiger partial charge is 0.260 e. The Hall–Kier alpha value is -1.75. The fourth-order valence-corrected chi connectivity index (χ4v) is 2.06. The van der Waals surface area contributed by atoms with Crippen molar-refractivity contribution in [2.75, 3.05) is 5.32 Å². The first kappa shape index (κ1) is 11.7. The number of nitrogens with zero attached hydrogens (tertiary/aromatic N) is 1. The number of amides is 1. The minimum Gasteiger partial charge on any atom is -0.298 e. The van der Waals surface area contributed by atoms with Crippen LogP contribution in [-0.4, -0.2) is 10.9 Å². The summed E-state index contributed by atoms with van der Waals surface area (Å²) in [6.45, 7) is 3.51. The van der Waals surface area contributed by atoms with Crippen molar-refractivity contribution in [1.29, 1.82) is 0 Å². The van der Waals surface area contributed by atoms with Crippen molar-refractivity contribution in [3.63, 3.8) is 0 Å². The fraction of sp³-hybridized carbons (Fsp3) is 0.167. The minimum absolute atomic E-state index is 0.0397. The van der Waals surface area contributed by atoms with Gasteiger partial charge in [-0.15, -0.1) is 11.3 Å². The Bertz CT molecular complexity index is 565. The summed E-state index contributed by atoms with van der Waals surface area (Å²) in [4.78, 5) is 16.8. The summed E-state index contributed by atoms with van der Waals surface area (Å²) in [6, 6.07) is 4.73. The zero-order chi connectivity index (χ0) is 12.4. The van der Waals surface area contributed by atoms with E-state index in [0.29, 0.717) is 10.7 Å². The van der Waals surface area contributed by atoms with Crippen LogP contribution in [0.5, 0.6) is 0 Å². The third-order valence-corrected chi connectivity index (χ3v) is 3.11. The van der Waals surface area contributed by atoms with Gasteiger partial charge in [0.15, 0.2) is 5.13 Å². The van der Waals surface area contributed by atoms with Gasteiger partial charge in [0.1, 0.15) is 5.82 Å². The van der Waals surface area contributed by atoms with E-state index in [-0.39, 0.29) is 5.56 Å². The summed E-state index contributed by atoms with van der Waals surface area (Å²) in [5, 5.41) is 3.06. The molecule has 5 heteroatoms. The van der Waals surface area contributed by atoms with Crippen molar-refractivity contribution in [3.8, 4) is 0 Å². The molecule has 0 aliphatic rings. The highest BCUT2D eigenvalue weighted by Gasteiger charge is 2.14. The number of hydrogen-bond donors (Lipinski definition) is 1. The molecule has 17 heavy (non-hydrogen) atoms. The molecule has 1 aromatic carbocycles. The molecule has 1 amide bonds. The quantitative estimate of drug-likeness (QED) is 0.889. The summed E-state index contributed by atoms with van der Waals surface area (Å²) in [6.07, 6.45) is 1.66. The zero-order valence-electron chi connectivity index (χ0n) is 9.45. The van der Waals surface area contributed by atoms with Gasteiger partial charge in [-0.2, -0.15) is 0 Å². The maximum absolute atomic E-state index is 13.7. The predicted octanol–water partition coefficient (Wildman–Crippen LogP) is 3.15. The van der Waals surface area contributed by atoms with E-state index < -0.39 is 11.7 Å². The molecule has 3 nitrogen and oxygen atoms in total. The molecule has 0 aliphatic heterocycles. The Morgan fingerprint density at radius 1 is 1.41 bits per heavy atom. The van der Waals surface area contributed by atoms with Crippen molar-refractivity contribution in [2.24, 2.45) is 0 Å². The second-order valence-electron chi connectivity index (χ2n) is 3.67. The molecule has 0 unspecified atom stereocenters. The largest absolute Gasteiger partial charge is 0.298 e. The van der Waals surface area contributed by atoms with E-state index in [1.54, 1.807) is 25.3 Å². The molecule has 2 rings (SSSR count). The highest BCUT2D eigenvalue weighted by Crippen LogP contribution is 2.19. The second-order valence-corrected chi connectivity index (χ2v) is 4.90. The number of carbonyl (C=O) groups is 1. The molecule has 0 saturated heterocycles. The van der Waals surface area contributed by atoms with Gasteiger partial charge in [0, 0.05) is 11.1 Å². The Labute approximate surface area is 102 Å². The van der Waals surface area contributed by atoms with Gasteiger partial charge in [-0.1, -0.05) is 12.1 Å². The lowest BCUT2D eigenvalue weighted by molar-refractivity contribution is 0.102. The topological polar surface area (TPSA) is 42.0 Å². The molecular formula is C12H11FN2OS. The third-order valence-electron chi connectivity index (χ3n) is 2.28. The van der Waals surface area contributed by atoms with E-state index in [9.17, 15) is 9.18 Å². The standard InChI is InChI=1S/C12H11FN2OS/c1-7-4-3-5-9(10(7)13)11(16)15-12-14-6-8(2)17-12/h3-6H,1-2H3,(H,14,15,16). The Balaban J connectivity index is 2.23. The first-order valence-corrected chi connectivity index (χ1v) is 5.88. The Morgan fingerprint density at radius 2 is 2.18 bits per heavy atom. The number of aromatic nitrogens is 1. The summed E-state index contributed by atoms with van der Waals surface area (Å²) in [5.74, 6) is -0.959. The number of rotatable bonds is 2. The SMILES string of the molecule is Cc1cnc(NC(=O)c2cccc(C)c2F)s1. The van der Waals surface area contributed by atoms with Gasteiger partial charge < -0.3 is 0 Å². The van der Waals surface area contributed by atoms with E-state index in [1.807, 2.05) is 6.92 Å². The maximum atomic E-state index is 13.7. The monoisotopic (exact) mass is 250 g/mol. The molecular weight excluding hydrogens is 239 g/mol. The molecule has 88 valence electrons. The van der Waals surface area contributed by atoms with Crippen molar-refractivity contribution < 1.29 is 9.18 Å². The molecule has 0 bridgehead atoms. The number of benzene rings is 1. The van der Waals surface area contributed by atoms with Crippen LogP contribution in [0, 0.1) is 19.7 Å². The van der Waals surface area contributed by atoms with Crippen molar-refractivity contribution in [3.05, 3.63) is 46.2 Å². The van der Waals surface area contributed by atoms with Gasteiger partial charge in [-0.25, -0.2) is 9.37 Å². The number of hydrogen-bond acceptors (Lipinski definition) is 3. The van der Waals surface area contributed by atoms with Gasteiger partial charge >= 0.3 is 0 Å². The van der Waals surface area contributed by atoms with E-state index >= 15 is 0 Å². The van der Waals surface area contributed by atoms with Gasteiger partial charge in [-0.05, 0) is 25.5 Å². The summed E-state index contributed by atoms with van der Waals surface area (Å²) in [5.41, 5.74) is 0.492. The average Bonchev–Trinajstić information content (AvgIpc) is 2.68. The Kier molecular flexibility index (Phi) is 3.19. The summed E-state index contributed by atoms with van der Waals surface area (Å²) in [7, 11) is 0. The van der Waals surface area contributed by atoms with E-state index in [1.165, 1.54) is 17.4 Å². The average molecular weight is 250 g/mol. The van der Waals surface area contributed by atoms with Crippen LogP contribution in [0.25, 0.3) is 0 Å². The van der Waals surface area contributed by atoms with Crippen molar-refractivity contribution in [1.82, 2.24) is 4.98 Å². The highest BCUT2D eigenvalue weighted by atomic mass is 32.1. The maximum Gasteiger partial charge on any atom is 0.260 e. The minimum atomic E-state index is -0.488. The van der Waals surface area contributed by atoms with Crippen LogP contribution in [0.2, 0.25) is 0 Å². The van der Waals surface area contributed by atoms with Gasteiger partial charge in [-0.3, -0.25) is 10.1 Å². The van der Waals surface area contributed by atoms with E-state index in [0.717, 1.165) is 4.88 Å². The van der Waals surface area contributed by atoms with Crippen LogP contribution in [0.3, 0.4) is 0 Å². The van der Waals surface area contributed by atoms with Gasteiger partial charge in [0.05, 0.1) is 5.56 Å². The van der Waals surface area contributed by atoms with Crippen LogP contribution in [0.4, 0.5) is 9.52 Å². The molecule has 0 aliphatic carbocycles. The van der Waals surface area contributed by atoms with Crippen LogP contribution >= 0.6 is 11.3 Å². The molecule has 1 aromatic heterocycles. The fourth-order valence-electron chi connectivity index (χ4n) is 1.40. The summed E-state index contributed by atoms with van der Waals surface area (Å²) < 4.78 is 13.7. The van der Waals surface area contributed by atoms with Crippen molar-refractivity contribution >= 4 is 22.4 Å².